The molecule has 2 aromatic heterocycles. The number of nitrogen functional groups attached to an aromatic ring is 1. The summed E-state index contributed by atoms with van der Waals surface area (Å²) < 4.78 is 14.8. The van der Waals surface area contributed by atoms with Crippen molar-refractivity contribution in [3.63, 3.8) is 0 Å². The van der Waals surface area contributed by atoms with Crippen LogP contribution in [0.25, 0.3) is 16.8 Å². The molecule has 3 aromatic rings. The van der Waals surface area contributed by atoms with Gasteiger partial charge in [0.05, 0.1) is 0 Å². The van der Waals surface area contributed by atoms with Gasteiger partial charge < -0.3 is 5.73 Å². The van der Waals surface area contributed by atoms with Crippen molar-refractivity contribution >= 4 is 11.6 Å². The number of fused-ring (bicyclic) bond motifs is 1. The number of halogens is 1. The summed E-state index contributed by atoms with van der Waals surface area (Å²) in [6.45, 7) is 1.95. The second kappa shape index (κ2) is 3.80. The average Bonchev–Trinajstić information content (AvgIpc) is 2.67. The molecule has 0 aliphatic rings. The SMILES string of the molecule is Cc1cc2nc(N)nn2cc1-c1cccc(F)c1. The lowest BCUT2D eigenvalue weighted by atomic mass is 10.0. The molecular formula is C13H11FN4. The first-order chi connectivity index (χ1) is 8.63. The predicted molar refractivity (Wildman–Crippen MR) is 67.5 cm³/mol. The maximum Gasteiger partial charge on any atom is 0.240 e. The van der Waals surface area contributed by atoms with Crippen LogP contribution in [-0.2, 0) is 0 Å². The molecule has 0 aliphatic heterocycles. The molecule has 2 heterocycles. The Hall–Kier alpha value is -2.43. The van der Waals surface area contributed by atoms with Gasteiger partial charge in [0.1, 0.15) is 5.82 Å². The number of nitrogens with two attached hydrogens (primary N) is 1. The fourth-order valence-electron chi connectivity index (χ4n) is 2.00. The van der Waals surface area contributed by atoms with E-state index in [4.69, 9.17) is 5.73 Å². The molecule has 0 saturated carbocycles. The summed E-state index contributed by atoms with van der Waals surface area (Å²) in [5.41, 5.74) is 8.95. The molecule has 0 atom stereocenters. The van der Waals surface area contributed by atoms with Crippen LogP contribution in [0.4, 0.5) is 10.3 Å². The second-order valence-electron chi connectivity index (χ2n) is 4.15. The number of anilines is 1. The topological polar surface area (TPSA) is 56.2 Å². The van der Waals surface area contributed by atoms with Gasteiger partial charge in [-0.05, 0) is 36.2 Å². The fraction of sp³-hybridized carbons (Fsp3) is 0.0769. The summed E-state index contributed by atoms with van der Waals surface area (Å²) in [6.07, 6.45) is 1.81. The Balaban J connectivity index is 2.25. The van der Waals surface area contributed by atoms with Crippen LogP contribution < -0.4 is 5.73 Å². The average molecular weight is 242 g/mol. The van der Waals surface area contributed by atoms with Gasteiger partial charge in [-0.3, -0.25) is 0 Å². The molecule has 0 radical (unpaired) electrons. The molecule has 0 amide bonds. The zero-order chi connectivity index (χ0) is 12.7. The molecule has 0 spiro atoms. The zero-order valence-corrected chi connectivity index (χ0v) is 9.76. The monoisotopic (exact) mass is 242 g/mol. The van der Waals surface area contributed by atoms with Crippen molar-refractivity contribution in [1.29, 1.82) is 0 Å². The molecule has 90 valence electrons. The van der Waals surface area contributed by atoms with Crippen molar-refractivity contribution in [2.75, 3.05) is 5.73 Å². The second-order valence-corrected chi connectivity index (χ2v) is 4.15. The third kappa shape index (κ3) is 1.69. The van der Waals surface area contributed by atoms with Crippen LogP contribution in [-0.4, -0.2) is 14.6 Å². The molecule has 18 heavy (non-hydrogen) atoms. The van der Waals surface area contributed by atoms with Gasteiger partial charge in [0.2, 0.25) is 5.95 Å². The molecule has 5 heteroatoms. The molecule has 0 fully saturated rings. The van der Waals surface area contributed by atoms with E-state index < -0.39 is 0 Å². The Morgan fingerprint density at radius 3 is 2.89 bits per heavy atom. The number of benzene rings is 1. The lowest BCUT2D eigenvalue weighted by Crippen LogP contribution is -1.93. The third-order valence-electron chi connectivity index (χ3n) is 2.83. The van der Waals surface area contributed by atoms with Gasteiger partial charge in [-0.1, -0.05) is 12.1 Å². The van der Waals surface area contributed by atoms with Crippen LogP contribution in [0.5, 0.6) is 0 Å². The minimum Gasteiger partial charge on any atom is -0.366 e. The van der Waals surface area contributed by atoms with Gasteiger partial charge in [0, 0.05) is 11.8 Å². The number of hydrogen-bond donors (Lipinski definition) is 1. The summed E-state index contributed by atoms with van der Waals surface area (Å²) >= 11 is 0. The standard InChI is InChI=1S/C13H11FN4/c1-8-5-12-16-13(15)17-18(12)7-11(8)9-3-2-4-10(14)6-9/h2-7H,1H3,(H2,15,17). The molecule has 1 aromatic carbocycles. The highest BCUT2D eigenvalue weighted by molar-refractivity contribution is 5.68. The van der Waals surface area contributed by atoms with Gasteiger partial charge in [-0.15, -0.1) is 5.10 Å². The molecule has 3 rings (SSSR count). The van der Waals surface area contributed by atoms with Crippen LogP contribution >= 0.6 is 0 Å². The molecule has 0 aliphatic carbocycles. The van der Waals surface area contributed by atoms with E-state index in [1.165, 1.54) is 12.1 Å². The number of hydrogen-bond acceptors (Lipinski definition) is 3. The maximum atomic E-state index is 13.2. The Labute approximate surface area is 103 Å². The van der Waals surface area contributed by atoms with Crippen LogP contribution in [0.3, 0.4) is 0 Å². The quantitative estimate of drug-likeness (QED) is 0.713. The number of rotatable bonds is 1. The number of aryl methyl sites for hydroxylation is 1. The summed E-state index contributed by atoms with van der Waals surface area (Å²) in [6, 6.07) is 8.34. The normalized spacial score (nSPS) is 11.0. The highest BCUT2D eigenvalue weighted by Gasteiger charge is 2.07. The van der Waals surface area contributed by atoms with Crippen molar-refractivity contribution in [3.05, 3.63) is 47.9 Å². The van der Waals surface area contributed by atoms with E-state index in [0.717, 1.165) is 16.7 Å². The van der Waals surface area contributed by atoms with Gasteiger partial charge >= 0.3 is 0 Å². The Kier molecular flexibility index (Phi) is 2.26. The third-order valence-corrected chi connectivity index (χ3v) is 2.83. The lowest BCUT2D eigenvalue weighted by Gasteiger charge is -2.06. The smallest absolute Gasteiger partial charge is 0.240 e. The Morgan fingerprint density at radius 1 is 1.28 bits per heavy atom. The molecular weight excluding hydrogens is 231 g/mol. The fourth-order valence-corrected chi connectivity index (χ4v) is 2.00. The summed E-state index contributed by atoms with van der Waals surface area (Å²) in [4.78, 5) is 4.08. The van der Waals surface area contributed by atoms with E-state index in [1.807, 2.05) is 25.3 Å². The number of nitrogens with zero attached hydrogens (tertiary/aromatic N) is 3. The van der Waals surface area contributed by atoms with E-state index in [9.17, 15) is 4.39 Å². The summed E-state index contributed by atoms with van der Waals surface area (Å²) in [5.74, 6) is -0.0316. The molecule has 4 nitrogen and oxygen atoms in total. The summed E-state index contributed by atoms with van der Waals surface area (Å²) in [7, 11) is 0. The van der Waals surface area contributed by atoms with Crippen LogP contribution in [0.1, 0.15) is 5.56 Å². The largest absolute Gasteiger partial charge is 0.366 e. The van der Waals surface area contributed by atoms with Gasteiger partial charge in [0.25, 0.3) is 0 Å². The Bertz CT molecular complexity index is 733. The number of aromatic nitrogens is 3. The molecule has 2 N–H and O–H groups in total. The van der Waals surface area contributed by atoms with Crippen molar-refractivity contribution in [2.45, 2.75) is 6.92 Å². The molecule has 0 saturated heterocycles. The molecule has 0 unspecified atom stereocenters. The first-order valence-corrected chi connectivity index (χ1v) is 5.52. The molecule has 0 bridgehead atoms. The van der Waals surface area contributed by atoms with Gasteiger partial charge in [-0.2, -0.15) is 4.98 Å². The highest BCUT2D eigenvalue weighted by atomic mass is 19.1. The van der Waals surface area contributed by atoms with E-state index in [1.54, 1.807) is 10.6 Å². The van der Waals surface area contributed by atoms with E-state index in [0.29, 0.717) is 5.65 Å². The van der Waals surface area contributed by atoms with Crippen molar-refractivity contribution in [3.8, 4) is 11.1 Å². The highest BCUT2D eigenvalue weighted by Crippen LogP contribution is 2.24. The number of pyridine rings is 1. The first kappa shape index (κ1) is 10.7. The van der Waals surface area contributed by atoms with E-state index >= 15 is 0 Å². The van der Waals surface area contributed by atoms with Crippen LogP contribution in [0, 0.1) is 12.7 Å². The Morgan fingerprint density at radius 2 is 2.11 bits per heavy atom. The predicted octanol–water partition coefficient (Wildman–Crippen LogP) is 2.43. The van der Waals surface area contributed by atoms with Crippen LogP contribution in [0.15, 0.2) is 36.5 Å². The van der Waals surface area contributed by atoms with E-state index in [-0.39, 0.29) is 11.8 Å². The zero-order valence-electron chi connectivity index (χ0n) is 9.76. The van der Waals surface area contributed by atoms with Crippen molar-refractivity contribution in [1.82, 2.24) is 14.6 Å². The van der Waals surface area contributed by atoms with Gasteiger partial charge in [0.15, 0.2) is 5.65 Å². The first-order valence-electron chi connectivity index (χ1n) is 5.52. The lowest BCUT2D eigenvalue weighted by molar-refractivity contribution is 0.628. The van der Waals surface area contributed by atoms with Crippen molar-refractivity contribution in [2.24, 2.45) is 0 Å². The van der Waals surface area contributed by atoms with Crippen molar-refractivity contribution < 1.29 is 4.39 Å². The van der Waals surface area contributed by atoms with Crippen LogP contribution in [0.2, 0.25) is 0 Å². The minimum atomic E-state index is -0.259. The van der Waals surface area contributed by atoms with Gasteiger partial charge in [-0.25, -0.2) is 8.91 Å². The van der Waals surface area contributed by atoms with E-state index in [2.05, 4.69) is 10.1 Å². The maximum absolute atomic E-state index is 13.2. The minimum absolute atomic E-state index is 0.228. The summed E-state index contributed by atoms with van der Waals surface area (Å²) in [5, 5.41) is 4.05.